The lowest BCUT2D eigenvalue weighted by molar-refractivity contribution is -0.119. The van der Waals surface area contributed by atoms with Crippen LogP contribution in [0.3, 0.4) is 0 Å². The van der Waals surface area contributed by atoms with Gasteiger partial charge in [-0.05, 0) is 12.5 Å². The molecule has 1 heterocycles. The van der Waals surface area contributed by atoms with Crippen LogP contribution in [-0.2, 0) is 4.79 Å². The second kappa shape index (κ2) is 5.02. The zero-order valence-corrected chi connectivity index (χ0v) is 10.8. The maximum Gasteiger partial charge on any atom is 0.217 e. The van der Waals surface area contributed by atoms with E-state index in [2.05, 4.69) is 5.32 Å². The normalized spacial score (nSPS) is 19.1. The minimum atomic E-state index is -0.483. The van der Waals surface area contributed by atoms with Crippen molar-refractivity contribution in [2.45, 2.75) is 19.4 Å². The predicted molar refractivity (Wildman–Crippen MR) is 70.3 cm³/mol. The van der Waals surface area contributed by atoms with Crippen molar-refractivity contribution in [2.75, 3.05) is 23.7 Å². The molecule has 18 heavy (non-hydrogen) atoms. The largest absolute Gasteiger partial charge is 0.397 e. The van der Waals surface area contributed by atoms with E-state index in [1.54, 1.807) is 0 Å². The number of benzene rings is 1. The van der Waals surface area contributed by atoms with Crippen LogP contribution in [0.25, 0.3) is 0 Å². The lowest BCUT2D eigenvalue weighted by Gasteiger charge is -2.21. The van der Waals surface area contributed by atoms with Gasteiger partial charge in [-0.25, -0.2) is 4.39 Å². The Kier molecular flexibility index (Phi) is 3.61. The molecule has 1 fully saturated rings. The molecule has 4 nitrogen and oxygen atoms in total. The van der Waals surface area contributed by atoms with Crippen molar-refractivity contribution in [3.63, 3.8) is 0 Å². The first-order valence-corrected chi connectivity index (χ1v) is 6.11. The highest BCUT2D eigenvalue weighted by Gasteiger charge is 2.25. The van der Waals surface area contributed by atoms with Gasteiger partial charge >= 0.3 is 0 Å². The number of carbonyl (C=O) groups is 1. The molecule has 1 unspecified atom stereocenters. The van der Waals surface area contributed by atoms with E-state index >= 15 is 0 Å². The molecule has 0 aliphatic carbocycles. The summed E-state index contributed by atoms with van der Waals surface area (Å²) in [6.07, 6.45) is 0.823. The number of nitrogens with two attached hydrogens (primary N) is 1. The molecule has 0 spiro atoms. The van der Waals surface area contributed by atoms with Crippen LogP contribution in [0.1, 0.15) is 13.3 Å². The summed E-state index contributed by atoms with van der Waals surface area (Å²) in [6, 6.07) is 2.84. The number of hydrogen-bond acceptors (Lipinski definition) is 3. The maximum absolute atomic E-state index is 13.4. The number of carbonyl (C=O) groups excluding carboxylic acids is 1. The second-order valence-electron chi connectivity index (χ2n) is 4.46. The molecule has 3 N–H and O–H groups in total. The van der Waals surface area contributed by atoms with E-state index in [9.17, 15) is 9.18 Å². The molecule has 6 heteroatoms. The molecule has 0 bridgehead atoms. The SMILES string of the molecule is CC(=O)NC1CCN(c2cc(F)c(Cl)cc2N)C1. The number of nitrogen functional groups attached to an aromatic ring is 1. The molecule has 1 saturated heterocycles. The molecule has 1 aromatic rings. The Balaban J connectivity index is 2.14. The highest BCUT2D eigenvalue weighted by Crippen LogP contribution is 2.31. The number of rotatable bonds is 2. The van der Waals surface area contributed by atoms with E-state index in [1.807, 2.05) is 4.90 Å². The summed E-state index contributed by atoms with van der Waals surface area (Å²) >= 11 is 5.66. The van der Waals surface area contributed by atoms with Gasteiger partial charge in [0.1, 0.15) is 5.82 Å². The van der Waals surface area contributed by atoms with Crippen molar-refractivity contribution >= 4 is 28.9 Å². The first kappa shape index (κ1) is 13.0. The van der Waals surface area contributed by atoms with Gasteiger partial charge in [0.05, 0.1) is 16.4 Å². The highest BCUT2D eigenvalue weighted by molar-refractivity contribution is 6.31. The van der Waals surface area contributed by atoms with E-state index in [0.717, 1.165) is 13.0 Å². The highest BCUT2D eigenvalue weighted by atomic mass is 35.5. The number of nitrogens with zero attached hydrogens (tertiary/aromatic N) is 1. The van der Waals surface area contributed by atoms with Gasteiger partial charge in [0.15, 0.2) is 0 Å². The summed E-state index contributed by atoms with van der Waals surface area (Å²) in [5, 5.41) is 2.87. The van der Waals surface area contributed by atoms with E-state index < -0.39 is 5.82 Å². The van der Waals surface area contributed by atoms with Crippen LogP contribution in [0.2, 0.25) is 5.02 Å². The number of amides is 1. The van der Waals surface area contributed by atoms with Gasteiger partial charge in [-0.2, -0.15) is 0 Å². The van der Waals surface area contributed by atoms with Gasteiger partial charge < -0.3 is 16.0 Å². The molecule has 2 rings (SSSR count). The van der Waals surface area contributed by atoms with Gasteiger partial charge in [0, 0.05) is 32.1 Å². The first-order valence-electron chi connectivity index (χ1n) is 5.74. The van der Waals surface area contributed by atoms with Crippen molar-refractivity contribution in [3.8, 4) is 0 Å². The zero-order valence-electron chi connectivity index (χ0n) is 10.0. The van der Waals surface area contributed by atoms with Crippen LogP contribution in [0.15, 0.2) is 12.1 Å². The topological polar surface area (TPSA) is 58.4 Å². The standard InChI is InChI=1S/C12H15ClFN3O/c1-7(18)16-8-2-3-17(6-8)12-5-10(14)9(13)4-11(12)15/h4-5,8H,2-3,6,15H2,1H3,(H,16,18). The summed E-state index contributed by atoms with van der Waals surface area (Å²) in [5.74, 6) is -0.541. The van der Waals surface area contributed by atoms with Crippen molar-refractivity contribution in [1.82, 2.24) is 5.32 Å². The number of hydrogen-bond donors (Lipinski definition) is 2. The van der Waals surface area contributed by atoms with E-state index in [-0.39, 0.29) is 17.0 Å². The van der Waals surface area contributed by atoms with Gasteiger partial charge in [-0.15, -0.1) is 0 Å². The predicted octanol–water partition coefficient (Wildman–Crippen LogP) is 1.78. The van der Waals surface area contributed by atoms with Crippen LogP contribution >= 0.6 is 11.6 Å². The number of nitrogens with one attached hydrogen (secondary N) is 1. The summed E-state index contributed by atoms with van der Waals surface area (Å²) < 4.78 is 13.4. The van der Waals surface area contributed by atoms with Crippen LogP contribution in [-0.4, -0.2) is 25.0 Å². The monoisotopic (exact) mass is 271 g/mol. The Morgan fingerprint density at radius 2 is 2.33 bits per heavy atom. The van der Waals surface area contributed by atoms with Crippen LogP contribution in [0, 0.1) is 5.82 Å². The Morgan fingerprint density at radius 1 is 1.61 bits per heavy atom. The maximum atomic E-state index is 13.4. The molecule has 1 aliphatic heterocycles. The fourth-order valence-electron chi connectivity index (χ4n) is 2.21. The third-order valence-electron chi connectivity index (χ3n) is 3.01. The number of halogens is 2. The lowest BCUT2D eigenvalue weighted by atomic mass is 10.2. The molecular weight excluding hydrogens is 257 g/mol. The van der Waals surface area contributed by atoms with Crippen LogP contribution in [0.4, 0.5) is 15.8 Å². The molecular formula is C12H15ClFN3O. The van der Waals surface area contributed by atoms with Crippen molar-refractivity contribution in [3.05, 3.63) is 23.0 Å². The van der Waals surface area contributed by atoms with Gasteiger partial charge in [0.2, 0.25) is 5.91 Å². The van der Waals surface area contributed by atoms with E-state index in [4.69, 9.17) is 17.3 Å². The van der Waals surface area contributed by atoms with E-state index in [1.165, 1.54) is 19.1 Å². The quantitative estimate of drug-likeness (QED) is 0.806. The summed E-state index contributed by atoms with van der Waals surface area (Å²) in [6.45, 7) is 2.85. The Morgan fingerprint density at radius 3 is 3.00 bits per heavy atom. The van der Waals surface area contributed by atoms with Crippen LogP contribution in [0.5, 0.6) is 0 Å². The van der Waals surface area contributed by atoms with E-state index in [0.29, 0.717) is 17.9 Å². The average Bonchev–Trinajstić information content (AvgIpc) is 2.70. The fraction of sp³-hybridized carbons (Fsp3) is 0.417. The molecule has 0 aromatic heterocycles. The molecule has 1 aliphatic rings. The fourth-order valence-corrected chi connectivity index (χ4v) is 2.38. The molecule has 1 atom stereocenters. The third-order valence-corrected chi connectivity index (χ3v) is 3.30. The third kappa shape index (κ3) is 2.67. The Labute approximate surface area is 110 Å². The molecule has 0 saturated carbocycles. The van der Waals surface area contributed by atoms with Crippen molar-refractivity contribution in [1.29, 1.82) is 0 Å². The lowest BCUT2D eigenvalue weighted by Crippen LogP contribution is -2.35. The molecule has 0 radical (unpaired) electrons. The van der Waals surface area contributed by atoms with Gasteiger partial charge in [-0.1, -0.05) is 11.6 Å². The first-order chi connectivity index (χ1) is 8.47. The molecule has 98 valence electrons. The smallest absolute Gasteiger partial charge is 0.217 e. The van der Waals surface area contributed by atoms with Gasteiger partial charge in [0.25, 0.3) is 0 Å². The van der Waals surface area contributed by atoms with Crippen LogP contribution < -0.4 is 16.0 Å². The number of anilines is 2. The Hall–Kier alpha value is -1.49. The van der Waals surface area contributed by atoms with Crippen molar-refractivity contribution in [2.24, 2.45) is 0 Å². The zero-order chi connectivity index (χ0) is 13.3. The second-order valence-corrected chi connectivity index (χ2v) is 4.86. The Bertz CT molecular complexity index is 481. The van der Waals surface area contributed by atoms with Crippen molar-refractivity contribution < 1.29 is 9.18 Å². The summed E-state index contributed by atoms with van der Waals surface area (Å²) in [7, 11) is 0. The molecule has 1 aromatic carbocycles. The molecule has 1 amide bonds. The minimum absolute atomic E-state index is 0.0221. The average molecular weight is 272 g/mol. The summed E-state index contributed by atoms with van der Waals surface area (Å²) in [4.78, 5) is 12.9. The minimum Gasteiger partial charge on any atom is -0.397 e. The van der Waals surface area contributed by atoms with Gasteiger partial charge in [-0.3, -0.25) is 4.79 Å². The summed E-state index contributed by atoms with van der Waals surface area (Å²) in [5.41, 5.74) is 6.92.